The van der Waals surface area contributed by atoms with Crippen molar-refractivity contribution in [2.45, 2.75) is 52.6 Å². The summed E-state index contributed by atoms with van der Waals surface area (Å²) in [6.45, 7) is 3.96. The minimum absolute atomic E-state index is 0.214. The summed E-state index contributed by atoms with van der Waals surface area (Å²) in [7, 11) is 1.53. The van der Waals surface area contributed by atoms with Crippen molar-refractivity contribution in [3.8, 4) is 11.5 Å². The number of halogens is 1. The number of nitrogens with zero attached hydrogens (tertiary/aromatic N) is 1. The zero-order valence-electron chi connectivity index (χ0n) is 23.2. The lowest BCUT2D eigenvalue weighted by Gasteiger charge is -2.12. The van der Waals surface area contributed by atoms with Crippen LogP contribution < -0.4 is 20.2 Å². The predicted octanol–water partition coefficient (Wildman–Crippen LogP) is 5.91. The molecule has 0 saturated carbocycles. The summed E-state index contributed by atoms with van der Waals surface area (Å²) in [6, 6.07) is 12.6. The summed E-state index contributed by atoms with van der Waals surface area (Å²) in [6.07, 6.45) is 4.61. The topological polar surface area (TPSA) is 115 Å². The second-order valence-corrected chi connectivity index (χ2v) is 10.9. The molecule has 1 aliphatic carbocycles. The van der Waals surface area contributed by atoms with Crippen LogP contribution in [0.25, 0.3) is 0 Å². The number of benzene rings is 2. The van der Waals surface area contributed by atoms with E-state index in [1.54, 1.807) is 44.2 Å². The lowest BCUT2D eigenvalue weighted by atomic mass is 10.1. The average molecular weight is 598 g/mol. The van der Waals surface area contributed by atoms with Gasteiger partial charge in [0, 0.05) is 15.5 Å². The number of hydrogen-bond acceptors (Lipinski definition) is 8. The molecular weight excluding hydrogens is 566 g/mol. The van der Waals surface area contributed by atoms with Gasteiger partial charge < -0.3 is 19.5 Å². The van der Waals surface area contributed by atoms with Crippen LogP contribution in [0.15, 0.2) is 47.6 Å². The molecule has 216 valence electrons. The van der Waals surface area contributed by atoms with Crippen LogP contribution in [0.5, 0.6) is 11.5 Å². The Bertz CT molecular complexity index is 1450. The number of nitrogens with one attached hydrogen (secondary N) is 2. The molecule has 0 bridgehead atoms. The number of carbonyl (C=O) groups excluding carboxylic acids is 3. The lowest BCUT2D eigenvalue weighted by Crippen LogP contribution is -2.33. The fourth-order valence-electron chi connectivity index (χ4n) is 4.41. The highest BCUT2D eigenvalue weighted by atomic mass is 35.5. The number of aryl methyl sites for hydroxylation is 1. The normalized spacial score (nSPS) is 13.0. The minimum atomic E-state index is -0.961. The molecule has 0 fully saturated rings. The number of thiophene rings is 1. The zero-order valence-corrected chi connectivity index (χ0v) is 24.7. The van der Waals surface area contributed by atoms with E-state index in [1.807, 2.05) is 12.1 Å². The Morgan fingerprint density at radius 2 is 1.76 bits per heavy atom. The highest BCUT2D eigenvalue weighted by Crippen LogP contribution is 2.38. The van der Waals surface area contributed by atoms with Gasteiger partial charge in [0.25, 0.3) is 0 Å². The predicted molar refractivity (Wildman–Crippen MR) is 159 cm³/mol. The fourth-order valence-corrected chi connectivity index (χ4v) is 5.81. The summed E-state index contributed by atoms with van der Waals surface area (Å²) < 4.78 is 16.6. The number of amides is 2. The summed E-state index contributed by atoms with van der Waals surface area (Å²) in [5.41, 5.74) is 5.61. The van der Waals surface area contributed by atoms with Gasteiger partial charge in [-0.1, -0.05) is 30.2 Å². The van der Waals surface area contributed by atoms with Gasteiger partial charge in [0.05, 0.1) is 25.0 Å². The standard InChI is InChI=1S/C30H32ClN3O6S/c1-4-39-30(37)26-22-8-6-5-7-9-25(22)41-29(26)32-27(35)28(36)34-33-18(2)20-12-15-23(24(16-20)38-3)40-17-19-10-13-21(31)14-11-19/h10-16H,4-9,17H2,1-3H3,(H,32,35)(H,34,36). The molecule has 4 rings (SSSR count). The van der Waals surface area contributed by atoms with E-state index in [4.69, 9.17) is 25.8 Å². The van der Waals surface area contributed by atoms with Crippen LogP contribution in [0.1, 0.15) is 65.0 Å². The van der Waals surface area contributed by atoms with E-state index in [2.05, 4.69) is 15.8 Å². The molecular formula is C30H32ClN3O6S. The molecule has 0 aliphatic heterocycles. The molecule has 0 spiro atoms. The van der Waals surface area contributed by atoms with Crippen molar-refractivity contribution >= 4 is 51.4 Å². The second kappa shape index (κ2) is 14.1. The molecule has 0 radical (unpaired) electrons. The van der Waals surface area contributed by atoms with Crippen molar-refractivity contribution in [2.75, 3.05) is 19.0 Å². The Labute approximate surface area is 247 Å². The van der Waals surface area contributed by atoms with Gasteiger partial charge in [0.2, 0.25) is 0 Å². The third-order valence-corrected chi connectivity index (χ3v) is 8.01. The fraction of sp³-hybridized carbons (Fsp3) is 0.333. The first kappa shape index (κ1) is 30.1. The average Bonchev–Trinajstić information content (AvgIpc) is 3.15. The van der Waals surface area contributed by atoms with Crippen LogP contribution in [-0.2, 0) is 33.8 Å². The number of hydrogen-bond donors (Lipinski definition) is 2. The summed E-state index contributed by atoms with van der Waals surface area (Å²) >= 11 is 7.26. The van der Waals surface area contributed by atoms with Crippen molar-refractivity contribution in [3.05, 3.63) is 74.6 Å². The molecule has 2 aromatic carbocycles. The molecule has 2 amide bonds. The molecule has 2 N–H and O–H groups in total. The van der Waals surface area contributed by atoms with E-state index in [9.17, 15) is 14.4 Å². The van der Waals surface area contributed by atoms with Gasteiger partial charge in [0.15, 0.2) is 11.5 Å². The quantitative estimate of drug-likeness (QED) is 0.104. The lowest BCUT2D eigenvalue weighted by molar-refractivity contribution is -0.136. The van der Waals surface area contributed by atoms with Crippen LogP contribution >= 0.6 is 22.9 Å². The molecule has 1 heterocycles. The number of methoxy groups -OCH3 is 1. The third-order valence-electron chi connectivity index (χ3n) is 6.55. The van der Waals surface area contributed by atoms with Crippen LogP contribution in [0.3, 0.4) is 0 Å². The molecule has 1 aliphatic rings. The van der Waals surface area contributed by atoms with E-state index in [0.29, 0.717) is 45.0 Å². The summed E-state index contributed by atoms with van der Waals surface area (Å²) in [5, 5.41) is 7.67. The Kier molecular flexibility index (Phi) is 10.4. The first-order valence-electron chi connectivity index (χ1n) is 13.3. The van der Waals surface area contributed by atoms with Gasteiger partial charge in [-0.3, -0.25) is 9.59 Å². The monoisotopic (exact) mass is 597 g/mol. The third kappa shape index (κ3) is 7.65. The number of carbonyl (C=O) groups is 3. The second-order valence-electron chi connectivity index (χ2n) is 9.36. The highest BCUT2D eigenvalue weighted by Gasteiger charge is 2.28. The van der Waals surface area contributed by atoms with E-state index >= 15 is 0 Å². The maximum atomic E-state index is 12.7. The van der Waals surface area contributed by atoms with Crippen molar-refractivity contribution < 1.29 is 28.6 Å². The van der Waals surface area contributed by atoms with Crippen LogP contribution in [-0.4, -0.2) is 37.2 Å². The molecule has 0 atom stereocenters. The number of ether oxygens (including phenoxy) is 3. The number of esters is 1. The number of anilines is 1. The molecule has 3 aromatic rings. The number of rotatable bonds is 9. The minimum Gasteiger partial charge on any atom is -0.493 e. The SMILES string of the molecule is CCOC(=O)c1c(NC(=O)C(=O)NN=C(C)c2ccc(OCc3ccc(Cl)cc3)c(OC)c2)sc2c1CCCCC2. The first-order valence-corrected chi connectivity index (χ1v) is 14.5. The molecule has 0 saturated heterocycles. The Morgan fingerprint density at radius 3 is 2.49 bits per heavy atom. The number of hydrazone groups is 1. The Hall–Kier alpha value is -3.89. The molecule has 9 nitrogen and oxygen atoms in total. The van der Waals surface area contributed by atoms with E-state index in [1.165, 1.54) is 18.4 Å². The summed E-state index contributed by atoms with van der Waals surface area (Å²) in [4.78, 5) is 39.1. The maximum absolute atomic E-state index is 12.7. The first-order chi connectivity index (χ1) is 19.8. The van der Waals surface area contributed by atoms with Gasteiger partial charge in [-0.05, 0) is 81.0 Å². The maximum Gasteiger partial charge on any atom is 0.341 e. The van der Waals surface area contributed by atoms with Crippen molar-refractivity contribution in [1.29, 1.82) is 0 Å². The van der Waals surface area contributed by atoms with Crippen molar-refractivity contribution in [1.82, 2.24) is 5.43 Å². The number of fused-ring (bicyclic) bond motifs is 1. The van der Waals surface area contributed by atoms with Crippen molar-refractivity contribution in [2.24, 2.45) is 5.10 Å². The van der Waals surface area contributed by atoms with E-state index in [0.717, 1.165) is 48.1 Å². The Balaban J connectivity index is 1.42. The largest absolute Gasteiger partial charge is 0.493 e. The van der Waals surface area contributed by atoms with Crippen molar-refractivity contribution in [3.63, 3.8) is 0 Å². The molecule has 0 unspecified atom stereocenters. The zero-order chi connectivity index (χ0) is 29.4. The van der Waals surface area contributed by atoms with Gasteiger partial charge in [-0.25, -0.2) is 10.2 Å². The van der Waals surface area contributed by atoms with Gasteiger partial charge in [0.1, 0.15) is 11.6 Å². The molecule has 1 aromatic heterocycles. The van der Waals surface area contributed by atoms with E-state index in [-0.39, 0.29) is 6.61 Å². The molecule has 41 heavy (non-hydrogen) atoms. The smallest absolute Gasteiger partial charge is 0.341 e. The highest BCUT2D eigenvalue weighted by molar-refractivity contribution is 7.17. The van der Waals surface area contributed by atoms with Crippen LogP contribution in [0, 0.1) is 0 Å². The Morgan fingerprint density at radius 1 is 1.00 bits per heavy atom. The van der Waals surface area contributed by atoms with E-state index < -0.39 is 17.8 Å². The van der Waals surface area contributed by atoms with Crippen LogP contribution in [0.4, 0.5) is 5.00 Å². The van der Waals surface area contributed by atoms with Crippen LogP contribution in [0.2, 0.25) is 5.02 Å². The van der Waals surface area contributed by atoms with Gasteiger partial charge >= 0.3 is 17.8 Å². The van der Waals surface area contributed by atoms with Gasteiger partial charge in [-0.2, -0.15) is 5.10 Å². The summed E-state index contributed by atoms with van der Waals surface area (Å²) in [5.74, 6) is -1.36. The van der Waals surface area contributed by atoms with Gasteiger partial charge in [-0.15, -0.1) is 11.3 Å². The molecule has 11 heteroatoms.